The van der Waals surface area contributed by atoms with Crippen LogP contribution >= 0.6 is 11.6 Å². The smallest absolute Gasteiger partial charge is 0.264 e. The van der Waals surface area contributed by atoms with Crippen molar-refractivity contribution in [2.45, 2.75) is 12.5 Å². The van der Waals surface area contributed by atoms with Crippen molar-refractivity contribution >= 4 is 23.2 Å². The summed E-state index contributed by atoms with van der Waals surface area (Å²) >= 11 is 5.79. The van der Waals surface area contributed by atoms with Crippen LogP contribution in [-0.4, -0.2) is 32.5 Å². The van der Waals surface area contributed by atoms with Crippen LogP contribution in [0.1, 0.15) is 18.0 Å². The van der Waals surface area contributed by atoms with Crippen molar-refractivity contribution < 1.29 is 9.53 Å². The van der Waals surface area contributed by atoms with Crippen molar-refractivity contribution in [1.82, 2.24) is 5.32 Å². The fraction of sp³-hybridized carbons (Fsp3) is 0.462. The number of carbonyl (C=O) groups is 1. The minimum Gasteiger partial charge on any atom is -0.482 e. The standard InChI is InChI=1S/C13H17ClN2O2/c1-15-10(5-6-14)9-3-4-12-11(7-9)16(2)13(17)8-18-12/h3-4,7,10,15H,5-6,8H2,1-2H3. The fourth-order valence-electron chi connectivity index (χ4n) is 2.09. The first-order valence-electron chi connectivity index (χ1n) is 5.94. The van der Waals surface area contributed by atoms with E-state index in [1.54, 1.807) is 11.9 Å². The zero-order valence-electron chi connectivity index (χ0n) is 10.6. The third-order valence-corrected chi connectivity index (χ3v) is 3.44. The van der Waals surface area contributed by atoms with Crippen LogP contribution < -0.4 is 15.0 Å². The number of hydrogen-bond acceptors (Lipinski definition) is 3. The number of nitrogens with zero attached hydrogens (tertiary/aromatic N) is 1. The maximum absolute atomic E-state index is 11.6. The van der Waals surface area contributed by atoms with E-state index in [0.717, 1.165) is 23.4 Å². The van der Waals surface area contributed by atoms with E-state index in [2.05, 4.69) is 5.32 Å². The van der Waals surface area contributed by atoms with E-state index in [1.807, 2.05) is 25.2 Å². The third kappa shape index (κ3) is 2.44. The molecule has 1 aromatic rings. The van der Waals surface area contributed by atoms with Gasteiger partial charge >= 0.3 is 0 Å². The van der Waals surface area contributed by atoms with Gasteiger partial charge in [0.25, 0.3) is 5.91 Å². The third-order valence-electron chi connectivity index (χ3n) is 3.22. The Hall–Kier alpha value is -1.26. The summed E-state index contributed by atoms with van der Waals surface area (Å²) in [5.41, 5.74) is 1.93. The highest BCUT2D eigenvalue weighted by Gasteiger charge is 2.23. The molecule has 98 valence electrons. The summed E-state index contributed by atoms with van der Waals surface area (Å²) in [7, 11) is 3.67. The molecule has 1 N–H and O–H groups in total. The van der Waals surface area contributed by atoms with Crippen LogP contribution in [0.25, 0.3) is 0 Å². The van der Waals surface area contributed by atoms with Crippen LogP contribution in [0, 0.1) is 0 Å². The molecular weight excluding hydrogens is 252 g/mol. The molecule has 0 bridgehead atoms. The molecule has 1 unspecified atom stereocenters. The Bertz CT molecular complexity index is 451. The number of alkyl halides is 1. The van der Waals surface area contributed by atoms with E-state index < -0.39 is 0 Å². The number of amides is 1. The highest BCUT2D eigenvalue weighted by molar-refractivity contribution is 6.17. The Morgan fingerprint density at radius 3 is 3.00 bits per heavy atom. The number of carbonyl (C=O) groups excluding carboxylic acids is 1. The maximum Gasteiger partial charge on any atom is 0.264 e. The highest BCUT2D eigenvalue weighted by atomic mass is 35.5. The van der Waals surface area contributed by atoms with Crippen molar-refractivity contribution in [3.8, 4) is 5.75 Å². The molecule has 0 radical (unpaired) electrons. The molecule has 2 rings (SSSR count). The van der Waals surface area contributed by atoms with E-state index in [9.17, 15) is 4.79 Å². The number of hydrogen-bond donors (Lipinski definition) is 1. The predicted octanol–water partition coefficient (Wildman–Crippen LogP) is 1.93. The molecule has 5 heteroatoms. The Morgan fingerprint density at radius 2 is 2.33 bits per heavy atom. The Kier molecular flexibility index (Phi) is 4.09. The molecule has 0 fully saturated rings. The number of fused-ring (bicyclic) bond motifs is 1. The number of anilines is 1. The first kappa shape index (κ1) is 13.2. The monoisotopic (exact) mass is 268 g/mol. The van der Waals surface area contributed by atoms with Crippen LogP contribution in [0.4, 0.5) is 5.69 Å². The van der Waals surface area contributed by atoms with Crippen molar-refractivity contribution in [2.75, 3.05) is 31.5 Å². The lowest BCUT2D eigenvalue weighted by Gasteiger charge is -2.27. The molecule has 0 spiro atoms. The first-order valence-corrected chi connectivity index (χ1v) is 6.47. The van der Waals surface area contributed by atoms with Crippen molar-refractivity contribution in [2.24, 2.45) is 0 Å². The molecule has 1 atom stereocenters. The van der Waals surface area contributed by atoms with Crippen molar-refractivity contribution in [3.05, 3.63) is 23.8 Å². The number of halogens is 1. The van der Waals surface area contributed by atoms with E-state index in [4.69, 9.17) is 16.3 Å². The summed E-state index contributed by atoms with van der Waals surface area (Å²) in [6.07, 6.45) is 0.843. The average molecular weight is 269 g/mol. The molecule has 18 heavy (non-hydrogen) atoms. The fourth-order valence-corrected chi connectivity index (χ4v) is 2.31. The number of likely N-dealkylation sites (N-methyl/N-ethyl adjacent to an activating group) is 1. The molecule has 0 aromatic heterocycles. The van der Waals surface area contributed by atoms with Gasteiger partial charge in [-0.15, -0.1) is 11.6 Å². The van der Waals surface area contributed by atoms with Crippen LogP contribution in [0.3, 0.4) is 0 Å². The summed E-state index contributed by atoms with van der Waals surface area (Å²) in [4.78, 5) is 13.2. The van der Waals surface area contributed by atoms with Gasteiger partial charge in [0.15, 0.2) is 6.61 Å². The topological polar surface area (TPSA) is 41.6 Å². The molecule has 1 heterocycles. The van der Waals surface area contributed by atoms with Gasteiger partial charge in [-0.2, -0.15) is 0 Å². The molecule has 0 aliphatic carbocycles. The normalized spacial score (nSPS) is 16.2. The Morgan fingerprint density at radius 1 is 1.56 bits per heavy atom. The number of benzene rings is 1. The van der Waals surface area contributed by atoms with Gasteiger partial charge in [-0.05, 0) is 31.2 Å². The largest absolute Gasteiger partial charge is 0.482 e. The molecule has 4 nitrogen and oxygen atoms in total. The highest BCUT2D eigenvalue weighted by Crippen LogP contribution is 2.34. The second kappa shape index (κ2) is 5.59. The van der Waals surface area contributed by atoms with Gasteiger partial charge in [0.05, 0.1) is 5.69 Å². The minimum atomic E-state index is -0.0296. The molecule has 0 saturated heterocycles. The summed E-state index contributed by atoms with van der Waals surface area (Å²) in [5, 5.41) is 3.22. The Labute approximate surface area is 112 Å². The summed E-state index contributed by atoms with van der Waals surface area (Å²) in [6, 6.07) is 6.10. The molecule has 0 saturated carbocycles. The number of rotatable bonds is 4. The molecule has 1 aliphatic heterocycles. The SMILES string of the molecule is CNC(CCCl)c1ccc2c(c1)N(C)C(=O)CO2. The zero-order valence-corrected chi connectivity index (χ0v) is 11.3. The van der Waals surface area contributed by atoms with E-state index in [1.165, 1.54) is 0 Å². The second-order valence-corrected chi connectivity index (χ2v) is 4.67. The van der Waals surface area contributed by atoms with Gasteiger partial charge in [-0.3, -0.25) is 4.79 Å². The zero-order chi connectivity index (χ0) is 13.1. The van der Waals surface area contributed by atoms with Crippen LogP contribution in [0.15, 0.2) is 18.2 Å². The summed E-state index contributed by atoms with van der Waals surface area (Å²) in [5.74, 6) is 1.31. The maximum atomic E-state index is 11.6. The second-order valence-electron chi connectivity index (χ2n) is 4.29. The lowest BCUT2D eigenvalue weighted by atomic mass is 10.0. The number of nitrogens with one attached hydrogen (secondary N) is 1. The Balaban J connectivity index is 2.33. The van der Waals surface area contributed by atoms with Gasteiger partial charge in [-0.25, -0.2) is 0 Å². The summed E-state index contributed by atoms with van der Waals surface area (Å²) < 4.78 is 5.40. The van der Waals surface area contributed by atoms with E-state index >= 15 is 0 Å². The van der Waals surface area contributed by atoms with Gasteiger partial charge in [-0.1, -0.05) is 6.07 Å². The summed E-state index contributed by atoms with van der Waals surface area (Å²) in [6.45, 7) is 0.111. The molecular formula is C13H17ClN2O2. The van der Waals surface area contributed by atoms with E-state index in [-0.39, 0.29) is 18.6 Å². The van der Waals surface area contributed by atoms with Crippen molar-refractivity contribution in [1.29, 1.82) is 0 Å². The molecule has 1 aliphatic rings. The number of ether oxygens (including phenoxy) is 1. The van der Waals surface area contributed by atoms with Crippen LogP contribution in [0.2, 0.25) is 0 Å². The van der Waals surface area contributed by atoms with E-state index in [0.29, 0.717) is 5.88 Å². The lowest BCUT2D eigenvalue weighted by Crippen LogP contribution is -2.35. The minimum absolute atomic E-state index is 0.0296. The quantitative estimate of drug-likeness (QED) is 0.849. The first-order chi connectivity index (χ1) is 8.67. The van der Waals surface area contributed by atoms with Gasteiger partial charge in [0.1, 0.15) is 5.75 Å². The van der Waals surface area contributed by atoms with Crippen LogP contribution in [-0.2, 0) is 4.79 Å². The van der Waals surface area contributed by atoms with Gasteiger partial charge in [0.2, 0.25) is 0 Å². The lowest BCUT2D eigenvalue weighted by molar-refractivity contribution is -0.120. The van der Waals surface area contributed by atoms with Gasteiger partial charge in [0, 0.05) is 19.0 Å². The van der Waals surface area contributed by atoms with Crippen molar-refractivity contribution in [3.63, 3.8) is 0 Å². The van der Waals surface area contributed by atoms with Gasteiger partial charge < -0.3 is 15.0 Å². The molecule has 1 amide bonds. The van der Waals surface area contributed by atoms with Crippen LogP contribution in [0.5, 0.6) is 5.75 Å². The predicted molar refractivity (Wildman–Crippen MR) is 72.5 cm³/mol. The molecule has 1 aromatic carbocycles. The average Bonchev–Trinajstić information content (AvgIpc) is 2.40.